The molecule has 10 heteroatoms. The normalized spacial score (nSPS) is 16.7. The summed E-state index contributed by atoms with van der Waals surface area (Å²) in [6.45, 7) is 0.0575. The Morgan fingerprint density at radius 2 is 1.77 bits per heavy atom. The number of benzene rings is 3. The van der Waals surface area contributed by atoms with Crippen molar-refractivity contribution in [3.05, 3.63) is 87.4 Å². The fraction of sp³-hybridized carbons (Fsp3) is 0.333. The van der Waals surface area contributed by atoms with Crippen LogP contribution in [0, 0.1) is 5.82 Å². The van der Waals surface area contributed by atoms with E-state index in [-0.39, 0.29) is 23.8 Å². The van der Waals surface area contributed by atoms with Crippen LogP contribution in [-0.4, -0.2) is 35.4 Å². The van der Waals surface area contributed by atoms with Crippen LogP contribution in [0.2, 0.25) is 10.0 Å². The third kappa shape index (κ3) is 5.00. The van der Waals surface area contributed by atoms with Gasteiger partial charge in [-0.15, -0.1) is 0 Å². The van der Waals surface area contributed by atoms with Gasteiger partial charge in [0.05, 0.1) is 21.1 Å². The lowest BCUT2D eigenvalue weighted by Gasteiger charge is -2.29. The standard InChI is InChI=1S/C30H28Cl2FN3O4/c1-38-28(17-8-4-2-5-9-17)29-35-23-15-22(33)21(32)13-24(23)36(29)27(30(37)34-18-10-6-3-7-11-18)19-12-25-26(14-20(19)31)40-16-39-25/h2,4-5,8-9,12-15,18,27-28H,3,6-7,10-11,16H2,1H3,(H,34,37). The quantitative estimate of drug-likeness (QED) is 0.254. The molecule has 0 saturated heterocycles. The molecule has 2 atom stereocenters. The second-order valence-electron chi connectivity index (χ2n) is 10.1. The monoisotopic (exact) mass is 583 g/mol. The SMILES string of the molecule is COC(c1ccccc1)c1nc2cc(F)c(Cl)cc2n1C(C(=O)NC1CCCCC1)c1cc2c(cc1Cl)OCO2. The summed E-state index contributed by atoms with van der Waals surface area (Å²) >= 11 is 13.1. The van der Waals surface area contributed by atoms with Crippen LogP contribution in [0.5, 0.6) is 11.5 Å². The molecule has 1 amide bonds. The van der Waals surface area contributed by atoms with Gasteiger partial charge in [-0.05, 0) is 30.5 Å². The van der Waals surface area contributed by atoms with Crippen LogP contribution < -0.4 is 14.8 Å². The third-order valence-electron chi connectivity index (χ3n) is 7.58. The number of hydrogen-bond acceptors (Lipinski definition) is 5. The number of aromatic nitrogens is 2. The predicted octanol–water partition coefficient (Wildman–Crippen LogP) is 6.99. The molecule has 2 heterocycles. The number of carbonyl (C=O) groups is 1. The summed E-state index contributed by atoms with van der Waals surface area (Å²) in [5.41, 5.74) is 2.11. The highest BCUT2D eigenvalue weighted by Gasteiger charge is 2.35. The molecular formula is C30H28Cl2FN3O4. The molecule has 1 saturated carbocycles. The predicted molar refractivity (Wildman–Crippen MR) is 151 cm³/mol. The van der Waals surface area contributed by atoms with Crippen molar-refractivity contribution < 1.29 is 23.4 Å². The van der Waals surface area contributed by atoms with Gasteiger partial charge in [-0.3, -0.25) is 4.79 Å². The average molecular weight is 584 g/mol. The van der Waals surface area contributed by atoms with Gasteiger partial charge < -0.3 is 24.1 Å². The molecule has 4 aromatic rings. The Balaban J connectivity index is 1.59. The lowest BCUT2D eigenvalue weighted by molar-refractivity contribution is -0.124. The fourth-order valence-electron chi connectivity index (χ4n) is 5.65. The van der Waals surface area contributed by atoms with Gasteiger partial charge in [0.2, 0.25) is 12.7 Å². The van der Waals surface area contributed by atoms with E-state index in [1.165, 1.54) is 12.1 Å². The maximum absolute atomic E-state index is 14.7. The molecule has 208 valence electrons. The minimum Gasteiger partial charge on any atom is -0.454 e. The summed E-state index contributed by atoms with van der Waals surface area (Å²) in [4.78, 5) is 19.1. The van der Waals surface area contributed by atoms with Gasteiger partial charge in [-0.25, -0.2) is 9.37 Å². The maximum atomic E-state index is 14.7. The number of fused-ring (bicyclic) bond motifs is 2. The lowest BCUT2D eigenvalue weighted by atomic mass is 9.94. The van der Waals surface area contributed by atoms with Gasteiger partial charge in [0.25, 0.3) is 0 Å². The largest absolute Gasteiger partial charge is 0.454 e. The average Bonchev–Trinajstić information content (AvgIpc) is 3.55. The summed E-state index contributed by atoms with van der Waals surface area (Å²) < 4.78 is 33.5. The summed E-state index contributed by atoms with van der Waals surface area (Å²) in [6.07, 6.45) is 4.37. The van der Waals surface area contributed by atoms with Crippen LogP contribution in [-0.2, 0) is 9.53 Å². The number of methoxy groups -OCH3 is 1. The molecule has 40 heavy (non-hydrogen) atoms. The van der Waals surface area contributed by atoms with Crippen molar-refractivity contribution >= 4 is 40.1 Å². The number of imidazole rings is 1. The summed E-state index contributed by atoms with van der Waals surface area (Å²) in [7, 11) is 1.57. The van der Waals surface area contributed by atoms with Gasteiger partial charge in [0, 0.05) is 30.8 Å². The van der Waals surface area contributed by atoms with E-state index in [0.29, 0.717) is 38.9 Å². The minimum absolute atomic E-state index is 0.0307. The molecule has 2 aliphatic rings. The Kier molecular flexibility index (Phi) is 7.57. The molecule has 0 bridgehead atoms. The Labute approximate surface area is 241 Å². The van der Waals surface area contributed by atoms with Crippen LogP contribution in [0.4, 0.5) is 4.39 Å². The van der Waals surface area contributed by atoms with E-state index in [2.05, 4.69) is 5.32 Å². The minimum atomic E-state index is -0.994. The number of nitrogens with one attached hydrogen (secondary N) is 1. The molecule has 2 unspecified atom stereocenters. The Bertz CT molecular complexity index is 1560. The van der Waals surface area contributed by atoms with Gasteiger partial charge in [0.1, 0.15) is 23.8 Å². The van der Waals surface area contributed by atoms with E-state index in [1.54, 1.807) is 23.8 Å². The van der Waals surface area contributed by atoms with Crippen LogP contribution in [0.3, 0.4) is 0 Å². The van der Waals surface area contributed by atoms with E-state index in [0.717, 1.165) is 37.7 Å². The summed E-state index contributed by atoms with van der Waals surface area (Å²) in [6, 6.07) is 14.7. The van der Waals surface area contributed by atoms with E-state index in [4.69, 9.17) is 42.4 Å². The van der Waals surface area contributed by atoms with E-state index in [9.17, 15) is 9.18 Å². The molecule has 0 radical (unpaired) electrons. The maximum Gasteiger partial charge on any atom is 0.248 e. The molecule has 1 aromatic heterocycles. The van der Waals surface area contributed by atoms with E-state index in [1.807, 2.05) is 30.3 Å². The van der Waals surface area contributed by atoms with Crippen molar-refractivity contribution in [3.63, 3.8) is 0 Å². The number of amides is 1. The second-order valence-corrected chi connectivity index (χ2v) is 10.9. The van der Waals surface area contributed by atoms with Gasteiger partial charge >= 0.3 is 0 Å². The molecule has 1 aliphatic carbocycles. The molecule has 6 rings (SSSR count). The molecule has 1 aliphatic heterocycles. The van der Waals surface area contributed by atoms with Crippen LogP contribution in [0.1, 0.15) is 61.2 Å². The Morgan fingerprint density at radius 3 is 2.50 bits per heavy atom. The van der Waals surface area contributed by atoms with Crippen molar-refractivity contribution in [1.82, 2.24) is 14.9 Å². The third-order valence-corrected chi connectivity index (χ3v) is 8.19. The van der Waals surface area contributed by atoms with E-state index >= 15 is 0 Å². The van der Waals surface area contributed by atoms with E-state index < -0.39 is 18.0 Å². The number of hydrogen-bond donors (Lipinski definition) is 1. The molecular weight excluding hydrogens is 556 g/mol. The van der Waals surface area contributed by atoms with Gasteiger partial charge in [-0.2, -0.15) is 0 Å². The first-order valence-corrected chi connectivity index (χ1v) is 14.0. The number of ether oxygens (including phenoxy) is 3. The molecule has 1 fully saturated rings. The number of halogens is 3. The van der Waals surface area contributed by atoms with Crippen molar-refractivity contribution in [3.8, 4) is 11.5 Å². The Hall–Kier alpha value is -3.33. The zero-order valence-electron chi connectivity index (χ0n) is 21.8. The van der Waals surface area contributed by atoms with Crippen LogP contribution in [0.25, 0.3) is 11.0 Å². The Morgan fingerprint density at radius 1 is 1.05 bits per heavy atom. The molecule has 1 N–H and O–H groups in total. The summed E-state index contributed by atoms with van der Waals surface area (Å²) in [5, 5.41) is 3.49. The molecule has 3 aromatic carbocycles. The fourth-order valence-corrected chi connectivity index (χ4v) is 6.07. The van der Waals surface area contributed by atoms with Gasteiger partial charge in [0.15, 0.2) is 11.5 Å². The van der Waals surface area contributed by atoms with Crippen molar-refractivity contribution in [2.24, 2.45) is 0 Å². The first-order valence-electron chi connectivity index (χ1n) is 13.3. The molecule has 7 nitrogen and oxygen atoms in total. The number of rotatable bonds is 7. The number of carbonyl (C=O) groups excluding carboxylic acids is 1. The topological polar surface area (TPSA) is 74.6 Å². The first kappa shape index (κ1) is 26.9. The van der Waals surface area contributed by atoms with Crippen molar-refractivity contribution in [1.29, 1.82) is 0 Å². The zero-order valence-corrected chi connectivity index (χ0v) is 23.3. The zero-order chi connectivity index (χ0) is 27.8. The highest BCUT2D eigenvalue weighted by atomic mass is 35.5. The van der Waals surface area contributed by atoms with Crippen molar-refractivity contribution in [2.45, 2.75) is 50.3 Å². The lowest BCUT2D eigenvalue weighted by Crippen LogP contribution is -2.41. The smallest absolute Gasteiger partial charge is 0.248 e. The number of nitrogens with zero attached hydrogens (tertiary/aromatic N) is 2. The van der Waals surface area contributed by atoms with Crippen LogP contribution >= 0.6 is 23.2 Å². The van der Waals surface area contributed by atoms with Crippen molar-refractivity contribution in [2.75, 3.05) is 13.9 Å². The second kappa shape index (κ2) is 11.3. The highest BCUT2D eigenvalue weighted by Crippen LogP contribution is 2.42. The van der Waals surface area contributed by atoms with Crippen LogP contribution in [0.15, 0.2) is 54.6 Å². The highest BCUT2D eigenvalue weighted by molar-refractivity contribution is 6.32. The first-order chi connectivity index (χ1) is 19.4. The van der Waals surface area contributed by atoms with Gasteiger partial charge in [-0.1, -0.05) is 72.8 Å². The molecule has 0 spiro atoms. The summed E-state index contributed by atoms with van der Waals surface area (Å²) in [5.74, 6) is 0.513.